The molecule has 1 aromatic carbocycles. The van der Waals surface area contributed by atoms with Crippen LogP contribution in [0.15, 0.2) is 30.5 Å². The van der Waals surface area contributed by atoms with Crippen molar-refractivity contribution < 1.29 is 14.3 Å². The number of carbonyl (C=O) groups excluding carboxylic acids is 1. The summed E-state index contributed by atoms with van der Waals surface area (Å²) in [6.45, 7) is 8.32. The van der Waals surface area contributed by atoms with Crippen molar-refractivity contribution in [2.24, 2.45) is 0 Å². The molecule has 1 aliphatic heterocycles. The Morgan fingerprint density at radius 3 is 2.61 bits per heavy atom. The predicted molar refractivity (Wildman–Crippen MR) is 112 cm³/mol. The molecular formula is C23H34N2O3. The molecule has 5 heteroatoms. The molecule has 0 aliphatic carbocycles. The van der Waals surface area contributed by atoms with Crippen LogP contribution in [0.25, 0.3) is 10.9 Å². The van der Waals surface area contributed by atoms with Crippen LogP contribution in [0.2, 0.25) is 0 Å². The summed E-state index contributed by atoms with van der Waals surface area (Å²) in [5, 5.41) is 1.15. The molecule has 1 atom stereocenters. The highest BCUT2D eigenvalue weighted by Gasteiger charge is 2.32. The lowest BCUT2D eigenvalue weighted by Crippen LogP contribution is -2.42. The summed E-state index contributed by atoms with van der Waals surface area (Å²) in [6, 6.07) is 8.06. The number of morpholine rings is 1. The number of aromatic nitrogens is 1. The SMILES string of the molecule is CCCCCCCn1cc(C(C(=O)OCC)N2CCOCC2)c2ccccc21. The second kappa shape index (κ2) is 10.6. The maximum atomic E-state index is 12.9. The number of rotatable bonds is 10. The summed E-state index contributed by atoms with van der Waals surface area (Å²) < 4.78 is 13.3. The topological polar surface area (TPSA) is 43.7 Å². The van der Waals surface area contributed by atoms with Crippen molar-refractivity contribution >= 4 is 16.9 Å². The number of esters is 1. The first-order chi connectivity index (χ1) is 13.8. The van der Waals surface area contributed by atoms with Gasteiger partial charge in [0.25, 0.3) is 0 Å². The number of ether oxygens (including phenoxy) is 2. The minimum absolute atomic E-state index is 0.157. The number of aryl methyl sites for hydroxylation is 1. The first-order valence-corrected chi connectivity index (χ1v) is 10.8. The number of nitrogens with zero attached hydrogens (tertiary/aromatic N) is 2. The summed E-state index contributed by atoms with van der Waals surface area (Å²) in [5.74, 6) is -0.157. The second-order valence-electron chi connectivity index (χ2n) is 7.51. The van der Waals surface area contributed by atoms with Gasteiger partial charge in [-0.1, -0.05) is 50.8 Å². The number of carbonyl (C=O) groups is 1. The van der Waals surface area contributed by atoms with E-state index in [2.05, 4.69) is 46.9 Å². The zero-order chi connectivity index (χ0) is 19.8. The van der Waals surface area contributed by atoms with E-state index in [1.54, 1.807) is 0 Å². The lowest BCUT2D eigenvalue weighted by Gasteiger charge is -2.32. The Morgan fingerprint density at radius 2 is 1.86 bits per heavy atom. The van der Waals surface area contributed by atoms with Crippen LogP contribution >= 0.6 is 0 Å². The van der Waals surface area contributed by atoms with Crippen LogP contribution in [0.1, 0.15) is 57.6 Å². The molecule has 3 rings (SSSR count). The van der Waals surface area contributed by atoms with Crippen molar-refractivity contribution in [2.45, 2.75) is 58.5 Å². The minimum Gasteiger partial charge on any atom is -0.465 e. The Labute approximate surface area is 168 Å². The minimum atomic E-state index is -0.366. The standard InChI is InChI=1S/C23H34N2O3/c1-3-5-6-7-10-13-25-18-20(19-11-8-9-12-21(19)25)22(23(26)28-4-2)24-14-16-27-17-15-24/h8-9,11-12,18,22H,3-7,10,13-17H2,1-2H3. The number of para-hydroxylation sites is 1. The third-order valence-electron chi connectivity index (χ3n) is 5.54. The van der Waals surface area contributed by atoms with Crippen molar-refractivity contribution in [1.29, 1.82) is 0 Å². The molecule has 2 heterocycles. The van der Waals surface area contributed by atoms with Gasteiger partial charge >= 0.3 is 5.97 Å². The van der Waals surface area contributed by atoms with E-state index in [-0.39, 0.29) is 12.0 Å². The van der Waals surface area contributed by atoms with Crippen LogP contribution in [0, 0.1) is 0 Å². The average Bonchev–Trinajstić information content (AvgIpc) is 3.08. The van der Waals surface area contributed by atoms with Crippen molar-refractivity contribution in [3.05, 3.63) is 36.0 Å². The molecule has 0 radical (unpaired) electrons. The molecule has 5 nitrogen and oxygen atoms in total. The van der Waals surface area contributed by atoms with Crippen molar-refractivity contribution in [1.82, 2.24) is 9.47 Å². The van der Waals surface area contributed by atoms with Crippen LogP contribution in [0.5, 0.6) is 0 Å². The van der Waals surface area contributed by atoms with Gasteiger partial charge in [0.05, 0.1) is 19.8 Å². The Hall–Kier alpha value is -1.85. The Balaban J connectivity index is 1.88. The zero-order valence-corrected chi connectivity index (χ0v) is 17.4. The molecule has 1 fully saturated rings. The third-order valence-corrected chi connectivity index (χ3v) is 5.54. The van der Waals surface area contributed by atoms with E-state index in [0.717, 1.165) is 30.6 Å². The summed E-state index contributed by atoms with van der Waals surface area (Å²) in [6.07, 6.45) is 8.46. The van der Waals surface area contributed by atoms with E-state index in [9.17, 15) is 4.79 Å². The van der Waals surface area contributed by atoms with E-state index >= 15 is 0 Å². The van der Waals surface area contributed by atoms with E-state index in [0.29, 0.717) is 19.8 Å². The lowest BCUT2D eigenvalue weighted by molar-refractivity contribution is -0.151. The van der Waals surface area contributed by atoms with Gasteiger partial charge in [0.2, 0.25) is 0 Å². The molecule has 1 saturated heterocycles. The van der Waals surface area contributed by atoms with Gasteiger partial charge in [-0.3, -0.25) is 4.90 Å². The van der Waals surface area contributed by atoms with Crippen molar-refractivity contribution in [2.75, 3.05) is 32.9 Å². The van der Waals surface area contributed by atoms with Gasteiger partial charge in [-0.15, -0.1) is 0 Å². The van der Waals surface area contributed by atoms with Crippen LogP contribution in [-0.2, 0) is 20.8 Å². The van der Waals surface area contributed by atoms with Crippen LogP contribution in [0.4, 0.5) is 0 Å². The number of benzene rings is 1. The fourth-order valence-corrected chi connectivity index (χ4v) is 4.09. The molecule has 0 spiro atoms. The van der Waals surface area contributed by atoms with Gasteiger partial charge in [-0.25, -0.2) is 4.79 Å². The summed E-state index contributed by atoms with van der Waals surface area (Å²) >= 11 is 0. The zero-order valence-electron chi connectivity index (χ0n) is 17.4. The molecule has 0 bridgehead atoms. The molecular weight excluding hydrogens is 352 g/mol. The smallest absolute Gasteiger partial charge is 0.328 e. The highest BCUT2D eigenvalue weighted by molar-refractivity contribution is 5.90. The molecule has 0 saturated carbocycles. The molecule has 1 unspecified atom stereocenters. The van der Waals surface area contributed by atoms with E-state index in [1.165, 1.54) is 37.6 Å². The van der Waals surface area contributed by atoms with E-state index < -0.39 is 0 Å². The molecule has 1 aromatic heterocycles. The van der Waals surface area contributed by atoms with Crippen molar-refractivity contribution in [3.8, 4) is 0 Å². The molecule has 0 amide bonds. The molecule has 28 heavy (non-hydrogen) atoms. The Morgan fingerprint density at radius 1 is 1.11 bits per heavy atom. The Kier molecular flexibility index (Phi) is 7.92. The maximum Gasteiger partial charge on any atom is 0.328 e. The number of hydrogen-bond donors (Lipinski definition) is 0. The van der Waals surface area contributed by atoms with Gasteiger partial charge in [-0.2, -0.15) is 0 Å². The number of hydrogen-bond acceptors (Lipinski definition) is 4. The molecule has 154 valence electrons. The van der Waals surface area contributed by atoms with Crippen LogP contribution < -0.4 is 0 Å². The van der Waals surface area contributed by atoms with E-state index in [4.69, 9.17) is 9.47 Å². The number of fused-ring (bicyclic) bond motifs is 1. The molecule has 2 aromatic rings. The van der Waals surface area contributed by atoms with Gasteiger partial charge < -0.3 is 14.0 Å². The molecule has 1 aliphatic rings. The van der Waals surface area contributed by atoms with Crippen molar-refractivity contribution in [3.63, 3.8) is 0 Å². The average molecular weight is 387 g/mol. The van der Waals surface area contributed by atoms with E-state index in [1.807, 2.05) is 6.92 Å². The first-order valence-electron chi connectivity index (χ1n) is 10.8. The quantitative estimate of drug-likeness (QED) is 0.444. The highest BCUT2D eigenvalue weighted by atomic mass is 16.5. The monoisotopic (exact) mass is 386 g/mol. The first kappa shape index (κ1) is 20.9. The second-order valence-corrected chi connectivity index (χ2v) is 7.51. The van der Waals surface area contributed by atoms with Gasteiger partial charge in [0, 0.05) is 42.3 Å². The number of unbranched alkanes of at least 4 members (excludes halogenated alkanes) is 4. The lowest BCUT2D eigenvalue weighted by atomic mass is 10.0. The fourth-order valence-electron chi connectivity index (χ4n) is 4.09. The maximum absolute atomic E-state index is 12.9. The predicted octanol–water partition coefficient (Wildman–Crippen LogP) is 4.55. The largest absolute Gasteiger partial charge is 0.465 e. The normalized spacial score (nSPS) is 16.4. The van der Waals surface area contributed by atoms with Gasteiger partial charge in [0.15, 0.2) is 0 Å². The highest BCUT2D eigenvalue weighted by Crippen LogP contribution is 2.32. The van der Waals surface area contributed by atoms with Crippen LogP contribution in [0.3, 0.4) is 0 Å². The summed E-state index contributed by atoms with van der Waals surface area (Å²) in [5.41, 5.74) is 2.26. The summed E-state index contributed by atoms with van der Waals surface area (Å²) in [4.78, 5) is 15.1. The fraction of sp³-hybridized carbons (Fsp3) is 0.609. The molecule has 0 N–H and O–H groups in total. The van der Waals surface area contributed by atoms with Gasteiger partial charge in [0.1, 0.15) is 6.04 Å². The van der Waals surface area contributed by atoms with Crippen LogP contribution in [-0.4, -0.2) is 48.3 Å². The third kappa shape index (κ3) is 4.95. The van der Waals surface area contributed by atoms with Gasteiger partial charge in [-0.05, 0) is 19.4 Å². The summed E-state index contributed by atoms with van der Waals surface area (Å²) in [7, 11) is 0. The Bertz CT molecular complexity index is 749.